The second kappa shape index (κ2) is 7.28. The first-order valence-electron chi connectivity index (χ1n) is 6.79. The van der Waals surface area contributed by atoms with Gasteiger partial charge in [0.25, 0.3) is 5.56 Å². The number of methoxy groups -OCH3 is 1. The van der Waals surface area contributed by atoms with Crippen molar-refractivity contribution in [1.29, 1.82) is 0 Å². The number of aromatic nitrogens is 2. The highest BCUT2D eigenvalue weighted by molar-refractivity contribution is 5.61. The predicted molar refractivity (Wildman–Crippen MR) is 81.6 cm³/mol. The quantitative estimate of drug-likeness (QED) is 0.608. The average Bonchev–Trinajstić information content (AvgIpc) is 2.44. The van der Waals surface area contributed by atoms with Gasteiger partial charge in [0.1, 0.15) is 11.5 Å². The summed E-state index contributed by atoms with van der Waals surface area (Å²) in [6.45, 7) is 4.29. The third-order valence-electron chi connectivity index (χ3n) is 3.07. The molecule has 21 heavy (non-hydrogen) atoms. The van der Waals surface area contributed by atoms with E-state index in [0.29, 0.717) is 6.54 Å². The van der Waals surface area contributed by atoms with Gasteiger partial charge in [-0.05, 0) is 5.92 Å². The van der Waals surface area contributed by atoms with Crippen LogP contribution in [-0.2, 0) is 18.3 Å². The molecular weight excluding hydrogens is 276 g/mol. The van der Waals surface area contributed by atoms with Crippen LogP contribution in [0.1, 0.15) is 13.8 Å². The van der Waals surface area contributed by atoms with Crippen molar-refractivity contribution in [3.05, 3.63) is 20.8 Å². The first-order valence-corrected chi connectivity index (χ1v) is 6.79. The minimum Gasteiger partial charge on any atom is -0.394 e. The number of nitrogen functional groups attached to an aromatic ring is 1. The van der Waals surface area contributed by atoms with Gasteiger partial charge in [-0.3, -0.25) is 13.9 Å². The molecule has 1 aromatic heterocycles. The van der Waals surface area contributed by atoms with Crippen molar-refractivity contribution in [2.75, 3.05) is 31.4 Å². The molecule has 8 heteroatoms. The van der Waals surface area contributed by atoms with E-state index in [0.717, 1.165) is 4.57 Å². The highest BCUT2D eigenvalue weighted by Crippen LogP contribution is 2.13. The maximum absolute atomic E-state index is 12.2. The molecule has 0 fully saturated rings. The molecule has 0 saturated carbocycles. The summed E-state index contributed by atoms with van der Waals surface area (Å²) in [4.78, 5) is 24.3. The molecule has 0 amide bonds. The average molecular weight is 300 g/mol. The number of ether oxygens (including phenoxy) is 1. The van der Waals surface area contributed by atoms with Gasteiger partial charge in [-0.2, -0.15) is 0 Å². The van der Waals surface area contributed by atoms with Gasteiger partial charge in [0.05, 0.1) is 19.3 Å². The summed E-state index contributed by atoms with van der Waals surface area (Å²) in [6.07, 6.45) is 0. The van der Waals surface area contributed by atoms with E-state index in [1.807, 2.05) is 13.8 Å². The zero-order valence-electron chi connectivity index (χ0n) is 12.9. The van der Waals surface area contributed by atoms with E-state index in [9.17, 15) is 14.7 Å². The molecule has 1 aromatic rings. The van der Waals surface area contributed by atoms with Gasteiger partial charge in [-0.15, -0.1) is 0 Å². The Morgan fingerprint density at radius 3 is 2.48 bits per heavy atom. The van der Waals surface area contributed by atoms with E-state index >= 15 is 0 Å². The van der Waals surface area contributed by atoms with Crippen molar-refractivity contribution in [1.82, 2.24) is 9.13 Å². The van der Waals surface area contributed by atoms with Crippen molar-refractivity contribution < 1.29 is 9.84 Å². The Labute approximate surface area is 123 Å². The van der Waals surface area contributed by atoms with Crippen molar-refractivity contribution in [3.8, 4) is 0 Å². The van der Waals surface area contributed by atoms with Crippen molar-refractivity contribution in [3.63, 3.8) is 0 Å². The summed E-state index contributed by atoms with van der Waals surface area (Å²) in [7, 11) is 2.89. The minimum atomic E-state index is -0.521. The van der Waals surface area contributed by atoms with Gasteiger partial charge in [-0.1, -0.05) is 13.8 Å². The van der Waals surface area contributed by atoms with Crippen LogP contribution in [0.15, 0.2) is 9.59 Å². The molecule has 1 unspecified atom stereocenters. The van der Waals surface area contributed by atoms with Gasteiger partial charge in [-0.25, -0.2) is 4.79 Å². The molecule has 1 atom stereocenters. The van der Waals surface area contributed by atoms with Crippen LogP contribution in [0.4, 0.5) is 11.5 Å². The molecule has 120 valence electrons. The molecule has 0 saturated heterocycles. The molecule has 1 rings (SSSR count). The molecule has 0 spiro atoms. The van der Waals surface area contributed by atoms with Gasteiger partial charge >= 0.3 is 5.69 Å². The number of nitrogens with two attached hydrogens (primary N) is 1. The third kappa shape index (κ3) is 3.85. The molecule has 0 aromatic carbocycles. The predicted octanol–water partition coefficient (Wildman–Crippen LogP) is -0.796. The molecular formula is C13H24N4O4. The van der Waals surface area contributed by atoms with Gasteiger partial charge in [0, 0.05) is 20.7 Å². The number of nitrogens with one attached hydrogen (secondary N) is 1. The Balaban J connectivity index is 3.35. The Bertz CT molecular complexity index is 591. The summed E-state index contributed by atoms with van der Waals surface area (Å²) >= 11 is 0. The smallest absolute Gasteiger partial charge is 0.332 e. The molecule has 4 N–H and O–H groups in total. The Hall–Kier alpha value is -1.80. The van der Waals surface area contributed by atoms with Crippen LogP contribution in [0.2, 0.25) is 0 Å². The Morgan fingerprint density at radius 1 is 1.38 bits per heavy atom. The fourth-order valence-electron chi connectivity index (χ4n) is 2.01. The Morgan fingerprint density at radius 2 is 2.00 bits per heavy atom. The molecule has 8 nitrogen and oxygen atoms in total. The standard InChI is InChI=1S/C13H24N4O4/c1-8(2)5-17-11(14)10(12(19)16(3)13(17)20)15-9(6-18)7-21-4/h8-9,15,18H,5-7,14H2,1-4H3. The highest BCUT2D eigenvalue weighted by atomic mass is 16.5. The summed E-state index contributed by atoms with van der Waals surface area (Å²) in [5.41, 5.74) is 5.10. The van der Waals surface area contributed by atoms with E-state index < -0.39 is 17.3 Å². The van der Waals surface area contributed by atoms with Gasteiger partial charge in [0.15, 0.2) is 0 Å². The summed E-state index contributed by atoms with van der Waals surface area (Å²) in [5, 5.41) is 12.1. The van der Waals surface area contributed by atoms with Crippen LogP contribution in [0.3, 0.4) is 0 Å². The van der Waals surface area contributed by atoms with Gasteiger partial charge < -0.3 is 20.9 Å². The number of hydrogen-bond donors (Lipinski definition) is 3. The third-order valence-corrected chi connectivity index (χ3v) is 3.07. The lowest BCUT2D eigenvalue weighted by molar-refractivity contribution is 0.153. The topological polar surface area (TPSA) is 112 Å². The van der Waals surface area contributed by atoms with Crippen molar-refractivity contribution in [2.24, 2.45) is 13.0 Å². The van der Waals surface area contributed by atoms with Crippen LogP contribution < -0.4 is 22.3 Å². The lowest BCUT2D eigenvalue weighted by Crippen LogP contribution is -2.43. The lowest BCUT2D eigenvalue weighted by Gasteiger charge is -2.21. The van der Waals surface area contributed by atoms with E-state index in [1.54, 1.807) is 0 Å². The number of aliphatic hydroxyl groups excluding tert-OH is 1. The summed E-state index contributed by atoms with van der Waals surface area (Å²) in [6, 6.07) is -0.477. The minimum absolute atomic E-state index is 0.0753. The SMILES string of the molecule is COCC(CO)Nc1c(N)n(CC(C)C)c(=O)n(C)c1=O. The first-order chi connectivity index (χ1) is 9.83. The largest absolute Gasteiger partial charge is 0.394 e. The molecule has 0 aliphatic heterocycles. The number of anilines is 2. The maximum Gasteiger partial charge on any atom is 0.332 e. The number of rotatable bonds is 7. The normalized spacial score (nSPS) is 12.7. The number of nitrogens with zero attached hydrogens (tertiary/aromatic N) is 2. The van der Waals surface area contributed by atoms with Crippen molar-refractivity contribution >= 4 is 11.5 Å². The maximum atomic E-state index is 12.2. The van der Waals surface area contributed by atoms with E-state index in [1.165, 1.54) is 18.7 Å². The molecule has 0 bridgehead atoms. The zero-order valence-corrected chi connectivity index (χ0v) is 12.9. The second-order valence-electron chi connectivity index (χ2n) is 5.39. The fourth-order valence-corrected chi connectivity index (χ4v) is 2.01. The van der Waals surface area contributed by atoms with Crippen molar-refractivity contribution in [2.45, 2.75) is 26.4 Å². The van der Waals surface area contributed by atoms with Crippen LogP contribution in [0.5, 0.6) is 0 Å². The molecule has 0 aliphatic carbocycles. The van der Waals surface area contributed by atoms with E-state index in [4.69, 9.17) is 10.5 Å². The lowest BCUT2D eigenvalue weighted by atomic mass is 10.2. The highest BCUT2D eigenvalue weighted by Gasteiger charge is 2.18. The number of hydrogen-bond acceptors (Lipinski definition) is 6. The van der Waals surface area contributed by atoms with Crippen LogP contribution in [0.25, 0.3) is 0 Å². The monoisotopic (exact) mass is 300 g/mol. The zero-order chi connectivity index (χ0) is 16.2. The Kier molecular flexibility index (Phi) is 5.98. The van der Waals surface area contributed by atoms with E-state index in [2.05, 4.69) is 5.32 Å². The molecule has 1 heterocycles. The van der Waals surface area contributed by atoms with Crippen LogP contribution >= 0.6 is 0 Å². The van der Waals surface area contributed by atoms with Crippen LogP contribution in [-0.4, -0.2) is 40.6 Å². The summed E-state index contributed by atoms with van der Waals surface area (Å²) in [5.74, 6) is 0.273. The fraction of sp³-hybridized carbons (Fsp3) is 0.692. The molecule has 0 aliphatic rings. The van der Waals surface area contributed by atoms with Gasteiger partial charge in [0.2, 0.25) is 0 Å². The molecule has 0 radical (unpaired) electrons. The number of aliphatic hydroxyl groups is 1. The van der Waals surface area contributed by atoms with Crippen LogP contribution in [0, 0.1) is 5.92 Å². The first kappa shape index (κ1) is 17.3. The van der Waals surface area contributed by atoms with E-state index in [-0.39, 0.29) is 30.6 Å². The summed E-state index contributed by atoms with van der Waals surface area (Å²) < 4.78 is 7.31. The second-order valence-corrected chi connectivity index (χ2v) is 5.39.